The third kappa shape index (κ3) is 4.90. The van der Waals surface area contributed by atoms with Crippen molar-refractivity contribution in [2.24, 2.45) is 0 Å². The number of esters is 2. The highest BCUT2D eigenvalue weighted by Gasteiger charge is 2.59. The van der Waals surface area contributed by atoms with E-state index in [0.29, 0.717) is 11.1 Å². The number of alkyl halides is 1. The van der Waals surface area contributed by atoms with Crippen LogP contribution in [-0.2, 0) is 19.0 Å². The lowest BCUT2D eigenvalue weighted by molar-refractivity contribution is -0.124. The van der Waals surface area contributed by atoms with E-state index >= 15 is 0 Å². The Balaban J connectivity index is 1.55. The number of rotatable bonds is 6. The van der Waals surface area contributed by atoms with E-state index < -0.39 is 47.2 Å². The standard InChI is InChI=1S/C24H23ClN2O7/c1-24(25)19(34-21(30)16-10-6-3-7-11-16)17(14-32-20(29)15-8-4-2-5-9-15)33-22(24)27-13-12-18(28)26-23(27)31/h2-11,17,19,22H,12-14H2,1H3,(H,26,28,31)/t17-,19-,22-,24-/m1/s1. The number of amides is 3. The van der Waals surface area contributed by atoms with Gasteiger partial charge in [-0.05, 0) is 31.2 Å². The van der Waals surface area contributed by atoms with Gasteiger partial charge >= 0.3 is 18.0 Å². The zero-order valence-electron chi connectivity index (χ0n) is 18.3. The van der Waals surface area contributed by atoms with E-state index in [1.54, 1.807) is 67.6 Å². The predicted molar refractivity (Wildman–Crippen MR) is 120 cm³/mol. The smallest absolute Gasteiger partial charge is 0.338 e. The molecule has 0 spiro atoms. The van der Waals surface area contributed by atoms with Crippen molar-refractivity contribution >= 4 is 35.5 Å². The molecule has 0 radical (unpaired) electrons. The summed E-state index contributed by atoms with van der Waals surface area (Å²) in [4.78, 5) is 49.2. The molecular formula is C24H23ClN2O7. The maximum absolute atomic E-state index is 12.8. The number of urea groups is 1. The first-order chi connectivity index (χ1) is 16.3. The van der Waals surface area contributed by atoms with E-state index in [1.165, 1.54) is 4.90 Å². The molecule has 0 aliphatic carbocycles. The summed E-state index contributed by atoms with van der Waals surface area (Å²) in [7, 11) is 0. The first-order valence-electron chi connectivity index (χ1n) is 10.7. The molecule has 10 heteroatoms. The van der Waals surface area contributed by atoms with Crippen LogP contribution < -0.4 is 5.32 Å². The molecule has 2 aromatic carbocycles. The highest BCUT2D eigenvalue weighted by atomic mass is 35.5. The van der Waals surface area contributed by atoms with Gasteiger partial charge in [-0.3, -0.25) is 15.0 Å². The van der Waals surface area contributed by atoms with Crippen molar-refractivity contribution in [2.75, 3.05) is 13.2 Å². The lowest BCUT2D eigenvalue weighted by Crippen LogP contribution is -2.59. The van der Waals surface area contributed by atoms with E-state index in [9.17, 15) is 19.2 Å². The maximum atomic E-state index is 12.8. The van der Waals surface area contributed by atoms with Crippen molar-refractivity contribution in [3.8, 4) is 0 Å². The van der Waals surface area contributed by atoms with Crippen LogP contribution in [0.4, 0.5) is 4.79 Å². The third-order valence-electron chi connectivity index (χ3n) is 5.68. The molecule has 2 aliphatic rings. The summed E-state index contributed by atoms with van der Waals surface area (Å²) in [6.45, 7) is 1.38. The van der Waals surface area contributed by atoms with Gasteiger partial charge in [0.1, 0.15) is 17.6 Å². The summed E-state index contributed by atoms with van der Waals surface area (Å²) in [6, 6.07) is 16.1. The lowest BCUT2D eigenvalue weighted by atomic mass is 9.99. The molecule has 3 amide bonds. The Hall–Kier alpha value is -3.43. The van der Waals surface area contributed by atoms with Crippen molar-refractivity contribution in [1.29, 1.82) is 0 Å². The Labute approximate surface area is 200 Å². The molecular weight excluding hydrogens is 464 g/mol. The highest BCUT2D eigenvalue weighted by molar-refractivity contribution is 6.25. The molecule has 2 heterocycles. The zero-order valence-corrected chi connectivity index (χ0v) is 19.1. The number of imide groups is 1. The van der Waals surface area contributed by atoms with Gasteiger partial charge in [-0.1, -0.05) is 36.4 Å². The van der Waals surface area contributed by atoms with Gasteiger partial charge in [0, 0.05) is 13.0 Å². The van der Waals surface area contributed by atoms with Gasteiger partial charge < -0.3 is 14.2 Å². The minimum Gasteiger partial charge on any atom is -0.459 e. The quantitative estimate of drug-likeness (QED) is 0.493. The van der Waals surface area contributed by atoms with Crippen molar-refractivity contribution in [2.45, 2.75) is 36.7 Å². The van der Waals surface area contributed by atoms with Crippen LogP contribution in [0.25, 0.3) is 0 Å². The van der Waals surface area contributed by atoms with E-state index in [2.05, 4.69) is 5.32 Å². The maximum Gasteiger partial charge on any atom is 0.338 e. The summed E-state index contributed by atoms with van der Waals surface area (Å²) in [5.74, 6) is -1.63. The van der Waals surface area contributed by atoms with E-state index in [4.69, 9.17) is 25.8 Å². The second-order valence-corrected chi connectivity index (χ2v) is 8.95. The number of nitrogens with one attached hydrogen (secondary N) is 1. The molecule has 4 atom stereocenters. The van der Waals surface area contributed by atoms with Crippen LogP contribution in [0.15, 0.2) is 60.7 Å². The Bertz CT molecular complexity index is 1080. The average Bonchev–Trinajstić information content (AvgIpc) is 3.08. The number of carbonyl (C=O) groups is 4. The van der Waals surface area contributed by atoms with Crippen LogP contribution in [0.5, 0.6) is 0 Å². The van der Waals surface area contributed by atoms with Gasteiger partial charge in [0.05, 0.1) is 11.1 Å². The predicted octanol–water partition coefficient (Wildman–Crippen LogP) is 2.73. The number of hydrogen-bond acceptors (Lipinski definition) is 7. The zero-order chi connectivity index (χ0) is 24.3. The molecule has 4 rings (SSSR count). The monoisotopic (exact) mass is 486 g/mol. The Morgan fingerprint density at radius 2 is 1.65 bits per heavy atom. The number of ether oxygens (including phenoxy) is 3. The summed E-state index contributed by atoms with van der Waals surface area (Å²) in [6.07, 6.45) is -3.00. The van der Waals surface area contributed by atoms with Crippen LogP contribution >= 0.6 is 11.6 Å². The van der Waals surface area contributed by atoms with Crippen LogP contribution in [0.1, 0.15) is 34.1 Å². The van der Waals surface area contributed by atoms with E-state index in [0.717, 1.165) is 0 Å². The minimum atomic E-state index is -1.40. The second kappa shape index (κ2) is 9.82. The first kappa shape index (κ1) is 23.7. The Morgan fingerprint density at radius 3 is 2.24 bits per heavy atom. The van der Waals surface area contributed by atoms with Crippen molar-refractivity contribution in [1.82, 2.24) is 10.2 Å². The highest BCUT2D eigenvalue weighted by Crippen LogP contribution is 2.41. The average molecular weight is 487 g/mol. The Morgan fingerprint density at radius 1 is 1.06 bits per heavy atom. The van der Waals surface area contributed by atoms with Gasteiger partial charge in [0.2, 0.25) is 5.91 Å². The number of carbonyl (C=O) groups excluding carboxylic acids is 4. The molecule has 0 bridgehead atoms. The molecule has 0 saturated carbocycles. The summed E-state index contributed by atoms with van der Waals surface area (Å²) in [5.41, 5.74) is 0.650. The normalized spacial score (nSPS) is 26.6. The van der Waals surface area contributed by atoms with Crippen molar-refractivity contribution in [3.05, 3.63) is 71.8 Å². The fourth-order valence-electron chi connectivity index (χ4n) is 3.94. The van der Waals surface area contributed by atoms with E-state index in [1.807, 2.05) is 0 Å². The van der Waals surface area contributed by atoms with Gasteiger partial charge in [0.15, 0.2) is 12.3 Å². The summed E-state index contributed by atoms with van der Waals surface area (Å²) < 4.78 is 17.2. The molecule has 2 saturated heterocycles. The van der Waals surface area contributed by atoms with Gasteiger partial charge in [-0.15, -0.1) is 11.6 Å². The van der Waals surface area contributed by atoms with Crippen molar-refractivity contribution < 1.29 is 33.4 Å². The molecule has 2 aromatic rings. The first-order valence-corrected chi connectivity index (χ1v) is 11.1. The number of benzene rings is 2. The van der Waals surface area contributed by atoms with E-state index in [-0.39, 0.29) is 19.6 Å². The number of hydrogen-bond donors (Lipinski definition) is 1. The molecule has 34 heavy (non-hydrogen) atoms. The molecule has 9 nitrogen and oxygen atoms in total. The largest absolute Gasteiger partial charge is 0.459 e. The SMILES string of the molecule is C[C@@]1(Cl)[C@H](OC(=O)c2ccccc2)[C@@H](COC(=O)c2ccccc2)O[C@H]1N1CCC(=O)NC1=O. The fourth-order valence-corrected chi connectivity index (χ4v) is 4.30. The summed E-state index contributed by atoms with van der Waals surface area (Å²) in [5, 5.41) is 2.23. The lowest BCUT2D eigenvalue weighted by Gasteiger charge is -2.37. The molecule has 2 fully saturated rings. The van der Waals surface area contributed by atoms with Gasteiger partial charge in [0.25, 0.3) is 0 Å². The molecule has 1 N–H and O–H groups in total. The number of halogens is 1. The third-order valence-corrected chi connectivity index (χ3v) is 6.08. The van der Waals surface area contributed by atoms with Crippen molar-refractivity contribution in [3.63, 3.8) is 0 Å². The molecule has 0 unspecified atom stereocenters. The molecule has 178 valence electrons. The van der Waals surface area contributed by atoms with Crippen LogP contribution in [0.3, 0.4) is 0 Å². The topological polar surface area (TPSA) is 111 Å². The van der Waals surface area contributed by atoms with Crippen LogP contribution in [0, 0.1) is 0 Å². The molecule has 2 aliphatic heterocycles. The Kier molecular flexibility index (Phi) is 6.85. The fraction of sp³-hybridized carbons (Fsp3) is 0.333. The molecule has 0 aromatic heterocycles. The second-order valence-electron chi connectivity index (χ2n) is 8.13. The van der Waals surface area contributed by atoms with Gasteiger partial charge in [-0.25, -0.2) is 14.4 Å². The van der Waals surface area contributed by atoms with Gasteiger partial charge in [-0.2, -0.15) is 0 Å². The number of nitrogens with zero attached hydrogens (tertiary/aromatic N) is 1. The summed E-state index contributed by atoms with van der Waals surface area (Å²) >= 11 is 6.84. The van der Waals surface area contributed by atoms with Crippen LogP contribution in [-0.4, -0.2) is 65.2 Å². The van der Waals surface area contributed by atoms with Crippen LogP contribution in [0.2, 0.25) is 0 Å². The minimum absolute atomic E-state index is 0.0701.